The van der Waals surface area contributed by atoms with E-state index in [-0.39, 0.29) is 19.0 Å². The van der Waals surface area contributed by atoms with Crippen molar-refractivity contribution in [2.45, 2.75) is 13.3 Å². The summed E-state index contributed by atoms with van der Waals surface area (Å²) in [6, 6.07) is 5.23. The maximum atomic E-state index is 11.9. The summed E-state index contributed by atoms with van der Waals surface area (Å²) in [5, 5.41) is 0. The quantitative estimate of drug-likeness (QED) is 0.758. The molecular formula is C12H14BrFO3. The van der Waals surface area contributed by atoms with Gasteiger partial charge < -0.3 is 9.47 Å². The fourth-order valence-corrected chi connectivity index (χ4v) is 1.84. The van der Waals surface area contributed by atoms with Crippen molar-refractivity contribution in [2.24, 2.45) is 0 Å². The monoisotopic (exact) mass is 304 g/mol. The molecule has 0 aliphatic heterocycles. The zero-order valence-electron chi connectivity index (χ0n) is 9.54. The van der Waals surface area contributed by atoms with Crippen molar-refractivity contribution in [3.05, 3.63) is 28.2 Å². The van der Waals surface area contributed by atoms with Crippen LogP contribution < -0.4 is 4.74 Å². The molecule has 0 spiro atoms. The van der Waals surface area contributed by atoms with Crippen LogP contribution in [0, 0.1) is 0 Å². The summed E-state index contributed by atoms with van der Waals surface area (Å²) >= 11 is 3.31. The number of rotatable bonds is 6. The second-order valence-electron chi connectivity index (χ2n) is 3.28. The third kappa shape index (κ3) is 4.73. The van der Waals surface area contributed by atoms with Crippen LogP contribution in [0.4, 0.5) is 4.39 Å². The molecule has 0 saturated carbocycles. The first-order chi connectivity index (χ1) is 8.17. The van der Waals surface area contributed by atoms with Crippen LogP contribution in [0.15, 0.2) is 22.7 Å². The van der Waals surface area contributed by atoms with Gasteiger partial charge in [0, 0.05) is 0 Å². The molecule has 1 aromatic carbocycles. The van der Waals surface area contributed by atoms with Gasteiger partial charge in [-0.25, -0.2) is 4.39 Å². The molecule has 0 fully saturated rings. The van der Waals surface area contributed by atoms with Crippen LogP contribution in [0.2, 0.25) is 0 Å². The molecule has 0 amide bonds. The molecule has 0 aliphatic rings. The van der Waals surface area contributed by atoms with Crippen molar-refractivity contribution in [3.8, 4) is 5.75 Å². The van der Waals surface area contributed by atoms with Gasteiger partial charge in [0.1, 0.15) is 19.0 Å². The van der Waals surface area contributed by atoms with Crippen LogP contribution in [0.1, 0.15) is 12.5 Å². The van der Waals surface area contributed by atoms with E-state index in [1.165, 1.54) is 0 Å². The number of carbonyl (C=O) groups excluding carboxylic acids is 1. The van der Waals surface area contributed by atoms with Crippen LogP contribution in [0.5, 0.6) is 5.75 Å². The third-order valence-electron chi connectivity index (χ3n) is 1.98. The molecule has 0 bridgehead atoms. The molecule has 94 valence electrons. The minimum absolute atomic E-state index is 0.0236. The van der Waals surface area contributed by atoms with E-state index in [2.05, 4.69) is 15.9 Å². The summed E-state index contributed by atoms with van der Waals surface area (Å²) in [5.41, 5.74) is 0.822. The van der Waals surface area contributed by atoms with E-state index in [0.717, 1.165) is 5.56 Å². The minimum Gasteiger partial charge on any atom is -0.490 e. The van der Waals surface area contributed by atoms with Crippen molar-refractivity contribution >= 4 is 21.9 Å². The molecular weight excluding hydrogens is 291 g/mol. The van der Waals surface area contributed by atoms with Crippen LogP contribution in [0.25, 0.3) is 0 Å². The number of carbonyl (C=O) groups is 1. The zero-order valence-corrected chi connectivity index (χ0v) is 11.1. The number of esters is 1. The molecule has 0 N–H and O–H groups in total. The van der Waals surface area contributed by atoms with Crippen molar-refractivity contribution in [1.29, 1.82) is 0 Å². The molecule has 5 heteroatoms. The fraction of sp³-hybridized carbons (Fsp3) is 0.417. The van der Waals surface area contributed by atoms with Crippen LogP contribution in [-0.2, 0) is 16.0 Å². The average Bonchev–Trinajstić information content (AvgIpc) is 2.28. The second-order valence-corrected chi connectivity index (χ2v) is 4.14. The third-order valence-corrected chi connectivity index (χ3v) is 2.60. The number of halogens is 2. The Kier molecular flexibility index (Phi) is 5.97. The summed E-state index contributed by atoms with van der Waals surface area (Å²) in [7, 11) is 0. The summed E-state index contributed by atoms with van der Waals surface area (Å²) < 4.78 is 22.6. The lowest BCUT2D eigenvalue weighted by molar-refractivity contribution is -0.142. The van der Waals surface area contributed by atoms with E-state index in [9.17, 15) is 9.18 Å². The Morgan fingerprint density at radius 1 is 1.47 bits per heavy atom. The molecule has 0 heterocycles. The average molecular weight is 305 g/mol. The van der Waals surface area contributed by atoms with E-state index in [0.29, 0.717) is 16.8 Å². The molecule has 0 radical (unpaired) electrons. The smallest absolute Gasteiger partial charge is 0.310 e. The van der Waals surface area contributed by atoms with Gasteiger partial charge in [-0.1, -0.05) is 6.07 Å². The van der Waals surface area contributed by atoms with Gasteiger partial charge in [-0.15, -0.1) is 0 Å². The normalized spacial score (nSPS) is 10.1. The van der Waals surface area contributed by atoms with Gasteiger partial charge in [-0.2, -0.15) is 0 Å². The second kappa shape index (κ2) is 7.27. The van der Waals surface area contributed by atoms with Gasteiger partial charge in [-0.3, -0.25) is 4.79 Å². The first kappa shape index (κ1) is 14.0. The van der Waals surface area contributed by atoms with E-state index in [4.69, 9.17) is 9.47 Å². The van der Waals surface area contributed by atoms with E-state index in [1.54, 1.807) is 25.1 Å². The summed E-state index contributed by atoms with van der Waals surface area (Å²) in [4.78, 5) is 11.3. The van der Waals surface area contributed by atoms with Gasteiger partial charge in [0.15, 0.2) is 0 Å². The van der Waals surface area contributed by atoms with Gasteiger partial charge >= 0.3 is 5.97 Å². The highest BCUT2D eigenvalue weighted by Gasteiger charge is 2.07. The minimum atomic E-state index is -0.531. The molecule has 1 rings (SSSR count). The highest BCUT2D eigenvalue weighted by molar-refractivity contribution is 9.10. The Morgan fingerprint density at radius 2 is 2.24 bits per heavy atom. The fourth-order valence-electron chi connectivity index (χ4n) is 1.30. The topological polar surface area (TPSA) is 35.5 Å². The standard InChI is InChI=1S/C12H14BrFO3/c1-2-16-12(15)8-9-3-4-11(10(13)7-9)17-6-5-14/h3-4,7H,2,5-6,8H2,1H3. The molecule has 0 unspecified atom stereocenters. The van der Waals surface area contributed by atoms with E-state index >= 15 is 0 Å². The maximum absolute atomic E-state index is 11.9. The highest BCUT2D eigenvalue weighted by Crippen LogP contribution is 2.26. The lowest BCUT2D eigenvalue weighted by Gasteiger charge is -2.08. The lowest BCUT2D eigenvalue weighted by Crippen LogP contribution is -2.07. The zero-order chi connectivity index (χ0) is 12.7. The molecule has 17 heavy (non-hydrogen) atoms. The van der Waals surface area contributed by atoms with Gasteiger partial charge in [0.2, 0.25) is 0 Å². The maximum Gasteiger partial charge on any atom is 0.310 e. The molecule has 0 atom stereocenters. The van der Waals surface area contributed by atoms with Crippen LogP contribution in [0.3, 0.4) is 0 Å². The van der Waals surface area contributed by atoms with Crippen molar-refractivity contribution < 1.29 is 18.7 Å². The Hall–Kier alpha value is -1.10. The lowest BCUT2D eigenvalue weighted by atomic mass is 10.1. The predicted molar refractivity (Wildman–Crippen MR) is 65.9 cm³/mol. The van der Waals surface area contributed by atoms with Crippen LogP contribution >= 0.6 is 15.9 Å². The molecule has 0 aliphatic carbocycles. The number of benzene rings is 1. The summed E-state index contributed by atoms with van der Waals surface area (Å²) in [5.74, 6) is 0.298. The van der Waals surface area contributed by atoms with Gasteiger partial charge in [0.25, 0.3) is 0 Å². The van der Waals surface area contributed by atoms with Crippen LogP contribution in [-0.4, -0.2) is 25.9 Å². The Morgan fingerprint density at radius 3 is 2.82 bits per heavy atom. The predicted octanol–water partition coefficient (Wildman–Crippen LogP) is 2.90. The number of hydrogen-bond donors (Lipinski definition) is 0. The molecule has 0 saturated heterocycles. The van der Waals surface area contributed by atoms with Crippen molar-refractivity contribution in [1.82, 2.24) is 0 Å². The molecule has 1 aromatic rings. The van der Waals surface area contributed by atoms with Crippen molar-refractivity contribution in [3.63, 3.8) is 0 Å². The number of hydrogen-bond acceptors (Lipinski definition) is 3. The Labute approximate surface area is 108 Å². The summed E-state index contributed by atoms with van der Waals surface area (Å²) in [6.45, 7) is 1.63. The molecule has 0 aromatic heterocycles. The SMILES string of the molecule is CCOC(=O)Cc1ccc(OCCF)c(Br)c1. The van der Waals surface area contributed by atoms with Gasteiger partial charge in [-0.05, 0) is 40.5 Å². The van der Waals surface area contributed by atoms with E-state index < -0.39 is 6.67 Å². The van der Waals surface area contributed by atoms with Gasteiger partial charge in [0.05, 0.1) is 17.5 Å². The van der Waals surface area contributed by atoms with E-state index in [1.807, 2.05) is 0 Å². The largest absolute Gasteiger partial charge is 0.490 e. The first-order valence-corrected chi connectivity index (χ1v) is 6.09. The summed E-state index contributed by atoms with van der Waals surface area (Å²) in [6.07, 6.45) is 0.218. The van der Waals surface area contributed by atoms with Crippen molar-refractivity contribution in [2.75, 3.05) is 19.9 Å². The molecule has 3 nitrogen and oxygen atoms in total. The number of ether oxygens (including phenoxy) is 2. The Bertz CT molecular complexity index is 382. The first-order valence-electron chi connectivity index (χ1n) is 5.30. The highest BCUT2D eigenvalue weighted by atomic mass is 79.9. The Balaban J connectivity index is 2.64. The number of alkyl halides is 1.